The molecule has 2 aromatic rings. The summed E-state index contributed by atoms with van der Waals surface area (Å²) < 4.78 is 1.44. The van der Waals surface area contributed by atoms with Crippen molar-refractivity contribution < 1.29 is 5.11 Å². The van der Waals surface area contributed by atoms with Crippen LogP contribution < -0.4 is 5.69 Å². The van der Waals surface area contributed by atoms with Crippen molar-refractivity contribution in [1.82, 2.24) is 9.55 Å². The van der Waals surface area contributed by atoms with Crippen molar-refractivity contribution in [1.29, 1.82) is 0 Å². The van der Waals surface area contributed by atoms with Crippen LogP contribution >= 0.6 is 0 Å². The summed E-state index contributed by atoms with van der Waals surface area (Å²) in [5.41, 5.74) is 1.30. The van der Waals surface area contributed by atoms with Gasteiger partial charge in [0.15, 0.2) is 0 Å². The molecule has 2 rings (SSSR count). The number of hydrogen-bond acceptors (Lipinski definition) is 2. The van der Waals surface area contributed by atoms with E-state index in [0.29, 0.717) is 6.42 Å². The summed E-state index contributed by atoms with van der Waals surface area (Å²) >= 11 is 0. The van der Waals surface area contributed by atoms with Crippen LogP contribution in [0, 0.1) is 0 Å². The number of nitrogens with one attached hydrogen (secondary N) is 1. The third-order valence-electron chi connectivity index (χ3n) is 2.99. The molecule has 92 valence electrons. The van der Waals surface area contributed by atoms with Crippen molar-refractivity contribution in [2.45, 2.75) is 38.8 Å². The molecule has 0 saturated heterocycles. The number of para-hydroxylation sites is 2. The van der Waals surface area contributed by atoms with Gasteiger partial charge in [-0.25, -0.2) is 4.79 Å². The molecule has 0 aliphatic carbocycles. The first-order valence-corrected chi connectivity index (χ1v) is 6.11. The largest absolute Gasteiger partial charge is 0.373 e. The van der Waals surface area contributed by atoms with E-state index >= 15 is 0 Å². The normalized spacial score (nSPS) is 13.1. The Bertz CT molecular complexity index is 542. The molecule has 0 aliphatic heterocycles. The van der Waals surface area contributed by atoms with Gasteiger partial charge in [0, 0.05) is 0 Å². The van der Waals surface area contributed by atoms with Gasteiger partial charge in [-0.15, -0.1) is 0 Å². The second-order valence-electron chi connectivity index (χ2n) is 4.29. The van der Waals surface area contributed by atoms with Crippen LogP contribution in [0.15, 0.2) is 29.1 Å². The molecule has 4 heteroatoms. The van der Waals surface area contributed by atoms with Crippen LogP contribution in [-0.2, 0) is 0 Å². The lowest BCUT2D eigenvalue weighted by molar-refractivity contribution is 0.0924. The zero-order valence-corrected chi connectivity index (χ0v) is 10.0. The second kappa shape index (κ2) is 5.19. The summed E-state index contributed by atoms with van der Waals surface area (Å²) in [6.07, 6.45) is 3.01. The average Bonchev–Trinajstić information content (AvgIpc) is 2.65. The summed E-state index contributed by atoms with van der Waals surface area (Å²) in [6.45, 7) is 2.12. The van der Waals surface area contributed by atoms with Gasteiger partial charge in [0.1, 0.15) is 6.23 Å². The molecule has 0 saturated carbocycles. The molecule has 1 atom stereocenters. The quantitative estimate of drug-likeness (QED) is 0.780. The molecule has 0 radical (unpaired) electrons. The van der Waals surface area contributed by atoms with Gasteiger partial charge in [-0.3, -0.25) is 4.57 Å². The maximum absolute atomic E-state index is 11.8. The van der Waals surface area contributed by atoms with Gasteiger partial charge < -0.3 is 10.1 Å². The number of aromatic amines is 1. The summed E-state index contributed by atoms with van der Waals surface area (Å²) in [6, 6.07) is 7.42. The number of fused-ring (bicyclic) bond motifs is 1. The van der Waals surface area contributed by atoms with Gasteiger partial charge in [0.25, 0.3) is 0 Å². The molecule has 0 bridgehead atoms. The number of aliphatic hydroxyl groups is 1. The van der Waals surface area contributed by atoms with Crippen molar-refractivity contribution in [3.63, 3.8) is 0 Å². The van der Waals surface area contributed by atoms with E-state index in [4.69, 9.17) is 0 Å². The first kappa shape index (κ1) is 11.9. The van der Waals surface area contributed by atoms with E-state index in [9.17, 15) is 9.90 Å². The lowest BCUT2D eigenvalue weighted by Gasteiger charge is -2.11. The first-order valence-electron chi connectivity index (χ1n) is 6.11. The van der Waals surface area contributed by atoms with Gasteiger partial charge in [-0.2, -0.15) is 0 Å². The zero-order valence-electron chi connectivity index (χ0n) is 10.0. The Morgan fingerprint density at radius 2 is 2.12 bits per heavy atom. The van der Waals surface area contributed by atoms with E-state index in [-0.39, 0.29) is 5.69 Å². The molecule has 2 N–H and O–H groups in total. The van der Waals surface area contributed by atoms with Crippen molar-refractivity contribution >= 4 is 11.0 Å². The van der Waals surface area contributed by atoms with Crippen LogP contribution in [0.1, 0.15) is 38.8 Å². The maximum atomic E-state index is 11.8. The fourth-order valence-corrected chi connectivity index (χ4v) is 2.08. The molecule has 17 heavy (non-hydrogen) atoms. The predicted octanol–water partition coefficient (Wildman–Crippen LogP) is 2.40. The number of H-pyrrole nitrogens is 1. The Morgan fingerprint density at radius 1 is 1.35 bits per heavy atom. The van der Waals surface area contributed by atoms with Crippen molar-refractivity contribution in [2.75, 3.05) is 0 Å². The van der Waals surface area contributed by atoms with Crippen molar-refractivity contribution in [2.24, 2.45) is 0 Å². The van der Waals surface area contributed by atoms with Crippen LogP contribution in [0.3, 0.4) is 0 Å². The minimum absolute atomic E-state index is 0.241. The van der Waals surface area contributed by atoms with E-state index in [0.717, 1.165) is 30.3 Å². The molecular weight excluding hydrogens is 216 g/mol. The lowest BCUT2D eigenvalue weighted by atomic mass is 10.2. The highest BCUT2D eigenvalue weighted by Crippen LogP contribution is 2.17. The number of unbranched alkanes of at least 4 members (excludes halogenated alkanes) is 2. The topological polar surface area (TPSA) is 58.0 Å². The van der Waals surface area contributed by atoms with Gasteiger partial charge in [0.2, 0.25) is 0 Å². The monoisotopic (exact) mass is 234 g/mol. The molecule has 0 amide bonds. The van der Waals surface area contributed by atoms with E-state index in [1.54, 1.807) is 0 Å². The fourth-order valence-electron chi connectivity index (χ4n) is 2.08. The first-order chi connectivity index (χ1) is 8.24. The van der Waals surface area contributed by atoms with Crippen LogP contribution in [-0.4, -0.2) is 14.7 Å². The molecule has 4 nitrogen and oxygen atoms in total. The predicted molar refractivity (Wildman–Crippen MR) is 68.0 cm³/mol. The van der Waals surface area contributed by atoms with Gasteiger partial charge in [0.05, 0.1) is 11.0 Å². The van der Waals surface area contributed by atoms with Gasteiger partial charge in [-0.05, 0) is 25.0 Å². The zero-order chi connectivity index (χ0) is 12.3. The number of benzene rings is 1. The molecule has 1 unspecified atom stereocenters. The number of imidazole rings is 1. The molecule has 1 heterocycles. The summed E-state index contributed by atoms with van der Waals surface area (Å²) in [7, 11) is 0. The molecule has 1 aromatic heterocycles. The standard InChI is InChI=1S/C13H18N2O2/c1-2-3-4-9-12(16)15-11-8-6-5-7-10(11)14-13(15)17/h5-8,12,16H,2-4,9H2,1H3,(H,14,17). The van der Waals surface area contributed by atoms with Crippen LogP contribution in [0.2, 0.25) is 0 Å². The second-order valence-corrected chi connectivity index (χ2v) is 4.29. The highest BCUT2D eigenvalue weighted by atomic mass is 16.3. The van der Waals surface area contributed by atoms with Crippen LogP contribution in [0.4, 0.5) is 0 Å². The number of rotatable bonds is 5. The van der Waals surface area contributed by atoms with E-state index < -0.39 is 6.23 Å². The fraction of sp³-hybridized carbons (Fsp3) is 0.462. The number of hydrogen-bond donors (Lipinski definition) is 2. The van der Waals surface area contributed by atoms with Crippen LogP contribution in [0.25, 0.3) is 11.0 Å². The van der Waals surface area contributed by atoms with Crippen LogP contribution in [0.5, 0.6) is 0 Å². The number of aliphatic hydroxyl groups excluding tert-OH is 1. The third-order valence-corrected chi connectivity index (χ3v) is 2.99. The van der Waals surface area contributed by atoms with E-state index in [2.05, 4.69) is 11.9 Å². The van der Waals surface area contributed by atoms with Crippen molar-refractivity contribution in [3.8, 4) is 0 Å². The summed E-state index contributed by atoms with van der Waals surface area (Å²) in [4.78, 5) is 14.5. The minimum atomic E-state index is -0.731. The minimum Gasteiger partial charge on any atom is -0.373 e. The Kier molecular flexibility index (Phi) is 3.64. The Balaban J connectivity index is 2.28. The highest BCUT2D eigenvalue weighted by molar-refractivity contribution is 5.74. The smallest absolute Gasteiger partial charge is 0.328 e. The molecule has 1 aromatic carbocycles. The van der Waals surface area contributed by atoms with Gasteiger partial charge >= 0.3 is 5.69 Å². The average molecular weight is 234 g/mol. The Labute approximate surface area is 99.9 Å². The van der Waals surface area contributed by atoms with Crippen molar-refractivity contribution in [3.05, 3.63) is 34.7 Å². The van der Waals surface area contributed by atoms with E-state index in [1.165, 1.54) is 4.57 Å². The molecular formula is C13H18N2O2. The lowest BCUT2D eigenvalue weighted by Crippen LogP contribution is -2.22. The summed E-state index contributed by atoms with van der Waals surface area (Å²) in [5, 5.41) is 10.1. The highest BCUT2D eigenvalue weighted by Gasteiger charge is 2.13. The molecule has 0 fully saturated rings. The molecule has 0 spiro atoms. The number of nitrogens with zero attached hydrogens (tertiary/aromatic N) is 1. The molecule has 0 aliphatic rings. The Morgan fingerprint density at radius 3 is 2.88 bits per heavy atom. The van der Waals surface area contributed by atoms with E-state index in [1.807, 2.05) is 24.3 Å². The third kappa shape index (κ3) is 2.42. The summed E-state index contributed by atoms with van der Waals surface area (Å²) in [5.74, 6) is 0. The van der Waals surface area contributed by atoms with Gasteiger partial charge in [-0.1, -0.05) is 31.9 Å². The maximum Gasteiger partial charge on any atom is 0.328 e. The Hall–Kier alpha value is -1.55. The number of aromatic nitrogens is 2. The SMILES string of the molecule is CCCCCC(O)n1c(=O)[nH]c2ccccc21.